The highest BCUT2D eigenvalue weighted by molar-refractivity contribution is 5.89. The van der Waals surface area contributed by atoms with Crippen LogP contribution in [0.15, 0.2) is 30.3 Å². The predicted octanol–water partition coefficient (Wildman–Crippen LogP) is 5.22. The zero-order chi connectivity index (χ0) is 19.7. The van der Waals surface area contributed by atoms with Gasteiger partial charge in [0.25, 0.3) is 0 Å². The number of ether oxygens (including phenoxy) is 3. The van der Waals surface area contributed by atoms with Gasteiger partial charge in [-0.15, -0.1) is 0 Å². The first-order chi connectivity index (χ1) is 13.5. The van der Waals surface area contributed by atoms with E-state index in [1.165, 1.54) is 12.8 Å². The molecule has 3 fully saturated rings. The third-order valence-corrected chi connectivity index (χ3v) is 7.64. The summed E-state index contributed by atoms with van der Waals surface area (Å²) in [6, 6.07) is 9.37. The molecular weight excluding hydrogens is 352 g/mol. The van der Waals surface area contributed by atoms with Crippen molar-refractivity contribution >= 4 is 5.97 Å². The van der Waals surface area contributed by atoms with Crippen molar-refractivity contribution in [3.8, 4) is 0 Å². The van der Waals surface area contributed by atoms with Crippen LogP contribution in [-0.4, -0.2) is 31.1 Å². The van der Waals surface area contributed by atoms with Gasteiger partial charge in [-0.25, -0.2) is 4.79 Å². The van der Waals surface area contributed by atoms with Gasteiger partial charge in [0.05, 0.1) is 18.3 Å². The van der Waals surface area contributed by atoms with Crippen molar-refractivity contribution in [2.45, 2.75) is 77.8 Å². The summed E-state index contributed by atoms with van der Waals surface area (Å²) in [4.78, 5) is 12.6. The number of carbonyl (C=O) groups excluding carboxylic acids is 1. The number of benzene rings is 1. The topological polar surface area (TPSA) is 44.8 Å². The zero-order valence-electron chi connectivity index (χ0n) is 17.4. The predicted molar refractivity (Wildman–Crippen MR) is 108 cm³/mol. The van der Waals surface area contributed by atoms with Crippen LogP contribution >= 0.6 is 0 Å². The van der Waals surface area contributed by atoms with E-state index in [1.54, 1.807) is 0 Å². The maximum Gasteiger partial charge on any atom is 0.338 e. The summed E-state index contributed by atoms with van der Waals surface area (Å²) < 4.78 is 18.2. The molecule has 7 atom stereocenters. The lowest BCUT2D eigenvalue weighted by Gasteiger charge is -2.47. The molecule has 0 radical (unpaired) electrons. The summed E-state index contributed by atoms with van der Waals surface area (Å²) in [5, 5.41) is 0. The molecule has 4 rings (SSSR count). The van der Waals surface area contributed by atoms with E-state index in [1.807, 2.05) is 30.3 Å². The molecular formula is C24H34O4. The van der Waals surface area contributed by atoms with Crippen LogP contribution in [0.1, 0.15) is 69.7 Å². The molecule has 4 heteroatoms. The number of hydrogen-bond donors (Lipinski definition) is 0. The van der Waals surface area contributed by atoms with E-state index in [0.717, 1.165) is 32.3 Å². The first-order valence-electron chi connectivity index (χ1n) is 11.0. The van der Waals surface area contributed by atoms with Gasteiger partial charge in [-0.3, -0.25) is 0 Å². The van der Waals surface area contributed by atoms with Crippen LogP contribution in [0.25, 0.3) is 0 Å². The smallest absolute Gasteiger partial charge is 0.338 e. The van der Waals surface area contributed by atoms with Crippen LogP contribution < -0.4 is 0 Å². The van der Waals surface area contributed by atoms with Crippen LogP contribution in [0.3, 0.4) is 0 Å². The Kier molecular flexibility index (Phi) is 5.80. The molecule has 1 heterocycles. The molecule has 2 saturated carbocycles. The second-order valence-corrected chi connectivity index (χ2v) is 9.33. The lowest BCUT2D eigenvalue weighted by molar-refractivity contribution is -0.242. The highest BCUT2D eigenvalue weighted by atomic mass is 16.7. The summed E-state index contributed by atoms with van der Waals surface area (Å²) >= 11 is 0. The molecule has 0 spiro atoms. The van der Waals surface area contributed by atoms with E-state index in [4.69, 9.17) is 14.2 Å². The van der Waals surface area contributed by atoms with E-state index in [-0.39, 0.29) is 29.9 Å². The van der Waals surface area contributed by atoms with E-state index < -0.39 is 0 Å². The van der Waals surface area contributed by atoms with Crippen LogP contribution in [0.2, 0.25) is 0 Å². The summed E-state index contributed by atoms with van der Waals surface area (Å²) in [5.41, 5.74) is 0.836. The van der Waals surface area contributed by atoms with E-state index in [9.17, 15) is 4.79 Å². The Labute approximate surface area is 168 Å². The van der Waals surface area contributed by atoms with E-state index >= 15 is 0 Å². The van der Waals surface area contributed by atoms with Gasteiger partial charge in [0.15, 0.2) is 6.29 Å². The number of rotatable bonds is 4. The van der Waals surface area contributed by atoms with Crippen molar-refractivity contribution in [2.75, 3.05) is 6.61 Å². The van der Waals surface area contributed by atoms with Gasteiger partial charge in [0.1, 0.15) is 6.10 Å². The second kappa shape index (κ2) is 8.16. The first-order valence-corrected chi connectivity index (χ1v) is 11.0. The monoisotopic (exact) mass is 386 g/mol. The van der Waals surface area contributed by atoms with Crippen molar-refractivity contribution in [3.63, 3.8) is 0 Å². The van der Waals surface area contributed by atoms with Crippen molar-refractivity contribution in [1.82, 2.24) is 0 Å². The van der Waals surface area contributed by atoms with Crippen LogP contribution in [0, 0.1) is 23.2 Å². The number of esters is 1. The molecule has 0 bridgehead atoms. The average molecular weight is 387 g/mol. The van der Waals surface area contributed by atoms with Gasteiger partial charge < -0.3 is 14.2 Å². The molecule has 0 amide bonds. The Bertz CT molecular complexity index is 674. The fourth-order valence-electron chi connectivity index (χ4n) is 6.10. The van der Waals surface area contributed by atoms with Crippen LogP contribution in [-0.2, 0) is 14.2 Å². The largest absolute Gasteiger partial charge is 0.458 e. The summed E-state index contributed by atoms with van der Waals surface area (Å²) in [6.07, 6.45) is 6.77. The average Bonchev–Trinajstić information content (AvgIpc) is 3.06. The van der Waals surface area contributed by atoms with Crippen molar-refractivity contribution < 1.29 is 19.0 Å². The molecule has 1 aromatic carbocycles. The highest BCUT2D eigenvalue weighted by Gasteiger charge is 2.55. The molecule has 1 aromatic rings. The fourth-order valence-corrected chi connectivity index (χ4v) is 6.10. The molecule has 1 aliphatic heterocycles. The molecule has 1 saturated heterocycles. The lowest BCUT2D eigenvalue weighted by atomic mass is 9.61. The van der Waals surface area contributed by atoms with Crippen molar-refractivity contribution in [3.05, 3.63) is 35.9 Å². The van der Waals surface area contributed by atoms with Crippen molar-refractivity contribution in [1.29, 1.82) is 0 Å². The normalized spacial score (nSPS) is 39.2. The lowest BCUT2D eigenvalue weighted by Crippen LogP contribution is -2.46. The Morgan fingerprint density at radius 2 is 1.96 bits per heavy atom. The maximum atomic E-state index is 12.6. The standard InChI is InChI=1S/C24H34O4/c1-16-13-15-26-23(27-16)17(2)19-11-12-20-21(10-7-14-24(19,20)3)28-22(25)18-8-5-4-6-9-18/h4-6,8-9,16-17,19-21,23H,7,10-15H2,1-3H3/t16-,17-,19+,20-,21-,23+,24+/m0/s1. The molecule has 2 aliphatic carbocycles. The molecule has 0 N–H and O–H groups in total. The van der Waals surface area contributed by atoms with E-state index in [0.29, 0.717) is 23.3 Å². The zero-order valence-corrected chi connectivity index (χ0v) is 17.4. The first kappa shape index (κ1) is 19.9. The number of fused-ring (bicyclic) bond motifs is 1. The minimum absolute atomic E-state index is 0.0239. The third kappa shape index (κ3) is 3.73. The SMILES string of the molecule is C[C@H]([C@@H]1OCC[C@H](C)O1)[C@H]1CC[C@H]2[C@@H](OC(=O)c3ccccc3)CCC[C@]12C. The summed E-state index contributed by atoms with van der Waals surface area (Å²) in [6.45, 7) is 7.64. The maximum absolute atomic E-state index is 12.6. The third-order valence-electron chi connectivity index (χ3n) is 7.64. The summed E-state index contributed by atoms with van der Waals surface area (Å²) in [7, 11) is 0. The van der Waals surface area contributed by atoms with Gasteiger partial charge in [0.2, 0.25) is 0 Å². The quantitative estimate of drug-likeness (QED) is 0.666. The van der Waals surface area contributed by atoms with Gasteiger partial charge in [-0.2, -0.15) is 0 Å². The minimum Gasteiger partial charge on any atom is -0.458 e. The van der Waals surface area contributed by atoms with Gasteiger partial charge >= 0.3 is 5.97 Å². The van der Waals surface area contributed by atoms with Crippen molar-refractivity contribution in [2.24, 2.45) is 23.2 Å². The summed E-state index contributed by atoms with van der Waals surface area (Å²) in [5.74, 6) is 1.16. The Balaban J connectivity index is 1.46. The number of hydrogen-bond acceptors (Lipinski definition) is 4. The number of carbonyl (C=O) groups is 1. The molecule has 4 nitrogen and oxygen atoms in total. The van der Waals surface area contributed by atoms with Gasteiger partial charge in [-0.1, -0.05) is 32.0 Å². The molecule has 154 valence electrons. The second-order valence-electron chi connectivity index (χ2n) is 9.33. The van der Waals surface area contributed by atoms with Gasteiger partial charge in [-0.05, 0) is 68.9 Å². The fraction of sp³-hybridized carbons (Fsp3) is 0.708. The Hall–Kier alpha value is -1.39. The molecule has 0 aromatic heterocycles. The minimum atomic E-state index is -0.181. The Morgan fingerprint density at radius 3 is 2.71 bits per heavy atom. The molecule has 3 aliphatic rings. The van der Waals surface area contributed by atoms with Gasteiger partial charge in [0, 0.05) is 11.8 Å². The van der Waals surface area contributed by atoms with Crippen LogP contribution in [0.5, 0.6) is 0 Å². The molecule has 28 heavy (non-hydrogen) atoms. The van der Waals surface area contributed by atoms with Crippen LogP contribution in [0.4, 0.5) is 0 Å². The van der Waals surface area contributed by atoms with E-state index in [2.05, 4.69) is 20.8 Å². The molecule has 0 unspecified atom stereocenters. The Morgan fingerprint density at radius 1 is 1.18 bits per heavy atom. The highest BCUT2D eigenvalue weighted by Crippen LogP contribution is 2.59.